The molecule has 0 aliphatic heterocycles. The van der Waals surface area contributed by atoms with Gasteiger partial charge in [0.15, 0.2) is 0 Å². The lowest BCUT2D eigenvalue weighted by molar-refractivity contribution is -0.153. The van der Waals surface area contributed by atoms with Crippen LogP contribution >= 0.6 is 22.9 Å². The fourth-order valence-electron chi connectivity index (χ4n) is 2.90. The van der Waals surface area contributed by atoms with Gasteiger partial charge >= 0.3 is 12.1 Å². The van der Waals surface area contributed by atoms with Crippen LogP contribution in [0.15, 0.2) is 60.7 Å². The zero-order valence-electron chi connectivity index (χ0n) is 17.6. The van der Waals surface area contributed by atoms with E-state index in [1.54, 1.807) is 30.3 Å². The zero-order valence-corrected chi connectivity index (χ0v) is 19.2. The van der Waals surface area contributed by atoms with E-state index in [1.807, 2.05) is 6.92 Å². The third-order valence-electron chi connectivity index (χ3n) is 4.49. The van der Waals surface area contributed by atoms with Crippen molar-refractivity contribution >= 4 is 46.4 Å². The maximum Gasteiger partial charge on any atom is 0.417 e. The number of anilines is 1. The van der Waals surface area contributed by atoms with Gasteiger partial charge < -0.3 is 15.4 Å². The van der Waals surface area contributed by atoms with E-state index in [1.165, 1.54) is 29.5 Å². The van der Waals surface area contributed by atoms with Gasteiger partial charge in [0.2, 0.25) is 6.10 Å². The second kappa shape index (κ2) is 10.7. The molecule has 3 rings (SSSR count). The van der Waals surface area contributed by atoms with Crippen molar-refractivity contribution in [1.82, 2.24) is 5.32 Å². The van der Waals surface area contributed by atoms with Gasteiger partial charge in [0.25, 0.3) is 11.8 Å². The normalized spacial score (nSPS) is 12.0. The Balaban J connectivity index is 1.73. The van der Waals surface area contributed by atoms with Gasteiger partial charge in [-0.2, -0.15) is 13.2 Å². The largest absolute Gasteiger partial charge is 0.446 e. The number of rotatable bonds is 7. The number of amides is 2. The van der Waals surface area contributed by atoms with E-state index in [-0.39, 0.29) is 5.69 Å². The van der Waals surface area contributed by atoms with Crippen LogP contribution in [0.25, 0.3) is 0 Å². The highest BCUT2D eigenvalue weighted by Gasteiger charge is 2.34. The third kappa shape index (κ3) is 6.58. The van der Waals surface area contributed by atoms with Gasteiger partial charge in [-0.05, 0) is 37.3 Å². The monoisotopic (exact) mass is 510 g/mol. The summed E-state index contributed by atoms with van der Waals surface area (Å²) in [4.78, 5) is 38.7. The molecule has 11 heteroatoms. The second-order valence-corrected chi connectivity index (χ2v) is 8.75. The summed E-state index contributed by atoms with van der Waals surface area (Å²) in [5.41, 5.74) is -1.01. The summed E-state index contributed by atoms with van der Waals surface area (Å²) < 4.78 is 44.7. The van der Waals surface area contributed by atoms with Crippen LogP contribution in [0.3, 0.4) is 0 Å². The molecule has 3 aromatic rings. The van der Waals surface area contributed by atoms with E-state index in [2.05, 4.69) is 10.6 Å². The first kappa shape index (κ1) is 25.3. The Morgan fingerprint density at radius 2 is 1.76 bits per heavy atom. The van der Waals surface area contributed by atoms with Crippen LogP contribution in [-0.4, -0.2) is 24.3 Å². The molecular formula is C23H18ClF3N2O4S. The Kier molecular flexibility index (Phi) is 7.95. The molecule has 0 fully saturated rings. The highest BCUT2D eigenvalue weighted by molar-refractivity contribution is 7.13. The minimum atomic E-state index is -4.72. The number of alkyl halides is 3. The molecule has 1 aromatic heterocycles. The number of carbonyl (C=O) groups excluding carboxylic acids is 3. The van der Waals surface area contributed by atoms with Crippen molar-refractivity contribution in [2.75, 3.05) is 11.9 Å². The average Bonchev–Trinajstić information content (AvgIpc) is 3.23. The van der Waals surface area contributed by atoms with E-state index in [9.17, 15) is 27.6 Å². The van der Waals surface area contributed by atoms with Crippen LogP contribution in [-0.2, 0) is 20.5 Å². The Morgan fingerprint density at radius 1 is 1.06 bits per heavy atom. The standard InChI is InChI=1S/C23H18ClF3N2O4S/c1-13-7-10-18(34-13)21(31)28-12-19(30)33-20(14-5-3-2-4-6-14)22(32)29-15-8-9-17(24)16(11-15)23(25,26)27/h2-11,20H,12H2,1H3,(H,28,31)(H,29,32). The fraction of sp³-hybridized carbons (Fsp3) is 0.174. The van der Waals surface area contributed by atoms with Crippen LogP contribution in [0.2, 0.25) is 5.02 Å². The quantitative estimate of drug-likeness (QED) is 0.418. The van der Waals surface area contributed by atoms with E-state index < -0.39 is 47.2 Å². The maximum absolute atomic E-state index is 13.1. The molecule has 1 heterocycles. The van der Waals surface area contributed by atoms with Gasteiger partial charge in [-0.1, -0.05) is 41.9 Å². The van der Waals surface area contributed by atoms with Gasteiger partial charge in [0.1, 0.15) is 6.54 Å². The van der Waals surface area contributed by atoms with E-state index >= 15 is 0 Å². The number of esters is 1. The molecule has 2 amide bonds. The number of hydrogen-bond donors (Lipinski definition) is 2. The van der Waals surface area contributed by atoms with Crippen LogP contribution in [0.5, 0.6) is 0 Å². The summed E-state index contributed by atoms with van der Waals surface area (Å²) in [6.45, 7) is 1.32. The summed E-state index contributed by atoms with van der Waals surface area (Å²) in [6, 6.07) is 14.2. The predicted molar refractivity (Wildman–Crippen MR) is 122 cm³/mol. The summed E-state index contributed by atoms with van der Waals surface area (Å²) >= 11 is 6.87. The van der Waals surface area contributed by atoms with Crippen LogP contribution in [0.4, 0.5) is 18.9 Å². The number of thiophene rings is 1. The van der Waals surface area contributed by atoms with Crippen molar-refractivity contribution in [3.05, 3.63) is 86.6 Å². The number of benzene rings is 2. The highest BCUT2D eigenvalue weighted by atomic mass is 35.5. The van der Waals surface area contributed by atoms with Gasteiger partial charge in [0.05, 0.1) is 15.5 Å². The minimum absolute atomic E-state index is 0.180. The van der Waals surface area contributed by atoms with Crippen molar-refractivity contribution in [2.45, 2.75) is 19.2 Å². The number of halogens is 4. The van der Waals surface area contributed by atoms with E-state index in [0.29, 0.717) is 16.5 Å². The lowest BCUT2D eigenvalue weighted by Gasteiger charge is -2.19. The lowest BCUT2D eigenvalue weighted by Crippen LogP contribution is -2.33. The number of aryl methyl sites for hydroxylation is 1. The molecule has 0 aliphatic rings. The molecule has 0 spiro atoms. The summed E-state index contributed by atoms with van der Waals surface area (Å²) in [5.74, 6) is -2.26. The summed E-state index contributed by atoms with van der Waals surface area (Å²) in [5, 5.41) is 4.21. The van der Waals surface area contributed by atoms with E-state index in [4.69, 9.17) is 16.3 Å². The number of hydrogen-bond acceptors (Lipinski definition) is 5. The van der Waals surface area contributed by atoms with E-state index in [0.717, 1.165) is 10.9 Å². The first-order valence-corrected chi connectivity index (χ1v) is 11.0. The van der Waals surface area contributed by atoms with Gasteiger partial charge in [-0.3, -0.25) is 14.4 Å². The first-order chi connectivity index (χ1) is 16.0. The minimum Gasteiger partial charge on any atom is -0.446 e. The first-order valence-electron chi connectivity index (χ1n) is 9.81. The second-order valence-electron chi connectivity index (χ2n) is 7.06. The molecule has 2 N–H and O–H groups in total. The smallest absolute Gasteiger partial charge is 0.417 e. The molecule has 0 bridgehead atoms. The van der Waals surface area contributed by atoms with Gasteiger partial charge in [0, 0.05) is 16.1 Å². The number of nitrogens with one attached hydrogen (secondary N) is 2. The van der Waals surface area contributed by atoms with Crippen molar-refractivity contribution < 1.29 is 32.3 Å². The Hall–Kier alpha value is -3.37. The fourth-order valence-corrected chi connectivity index (χ4v) is 3.91. The Bertz CT molecular complexity index is 1200. The Labute approximate surface area is 201 Å². The average molecular weight is 511 g/mol. The number of ether oxygens (including phenoxy) is 1. The van der Waals surface area contributed by atoms with Gasteiger partial charge in [-0.25, -0.2) is 0 Å². The summed E-state index contributed by atoms with van der Waals surface area (Å²) in [6.07, 6.45) is -6.19. The Morgan fingerprint density at radius 3 is 2.38 bits per heavy atom. The van der Waals surface area contributed by atoms with Crippen molar-refractivity contribution in [2.24, 2.45) is 0 Å². The number of carbonyl (C=O) groups is 3. The third-order valence-corrected chi connectivity index (χ3v) is 5.82. The molecule has 1 unspecified atom stereocenters. The van der Waals surface area contributed by atoms with Crippen LogP contribution < -0.4 is 10.6 Å². The van der Waals surface area contributed by atoms with Crippen LogP contribution in [0, 0.1) is 6.92 Å². The summed E-state index contributed by atoms with van der Waals surface area (Å²) in [7, 11) is 0. The molecule has 0 saturated heterocycles. The maximum atomic E-state index is 13.1. The SMILES string of the molecule is Cc1ccc(C(=O)NCC(=O)OC(C(=O)Nc2ccc(Cl)c(C(F)(F)F)c2)c2ccccc2)s1. The van der Waals surface area contributed by atoms with Crippen molar-refractivity contribution in [3.63, 3.8) is 0 Å². The topological polar surface area (TPSA) is 84.5 Å². The highest BCUT2D eigenvalue weighted by Crippen LogP contribution is 2.36. The van der Waals surface area contributed by atoms with Crippen LogP contribution in [0.1, 0.15) is 31.8 Å². The zero-order chi connectivity index (χ0) is 24.9. The predicted octanol–water partition coefficient (Wildman–Crippen LogP) is 5.38. The molecule has 1 atom stereocenters. The lowest BCUT2D eigenvalue weighted by atomic mass is 10.1. The molecule has 34 heavy (non-hydrogen) atoms. The molecule has 6 nitrogen and oxygen atoms in total. The molecule has 0 aliphatic carbocycles. The molecule has 0 radical (unpaired) electrons. The molecule has 0 saturated carbocycles. The molecule has 178 valence electrons. The van der Waals surface area contributed by atoms with Crippen molar-refractivity contribution in [1.29, 1.82) is 0 Å². The van der Waals surface area contributed by atoms with Gasteiger partial charge in [-0.15, -0.1) is 11.3 Å². The molecule has 2 aromatic carbocycles. The van der Waals surface area contributed by atoms with Crippen molar-refractivity contribution in [3.8, 4) is 0 Å². The molecular weight excluding hydrogens is 493 g/mol.